The zero-order chi connectivity index (χ0) is 21.9. The molecule has 0 aromatic heterocycles. The number of ether oxygens (including phenoxy) is 2. The molecule has 0 amide bonds. The number of nitrogens with zero attached hydrogens (tertiary/aromatic N) is 3. The Morgan fingerprint density at radius 2 is 1.70 bits per heavy atom. The van der Waals surface area contributed by atoms with E-state index in [0.717, 1.165) is 11.6 Å². The van der Waals surface area contributed by atoms with Crippen molar-refractivity contribution in [1.29, 1.82) is 0 Å². The first kappa shape index (κ1) is 21.8. The number of hydrogen-bond acceptors (Lipinski definition) is 7. The number of benzene rings is 2. The third-order valence-corrected chi connectivity index (χ3v) is 7.07. The summed E-state index contributed by atoms with van der Waals surface area (Å²) in [4.78, 5) is 13.0. The first-order valence-electron chi connectivity index (χ1n) is 9.73. The van der Waals surface area contributed by atoms with Gasteiger partial charge in [-0.25, -0.2) is 8.42 Å². The lowest BCUT2D eigenvalue weighted by Gasteiger charge is -2.24. The lowest BCUT2D eigenvalue weighted by molar-refractivity contribution is -0.384. The first-order valence-corrected chi connectivity index (χ1v) is 11.2. The first-order chi connectivity index (χ1) is 14.3. The van der Waals surface area contributed by atoms with Crippen LogP contribution in [0, 0.1) is 10.1 Å². The Balaban J connectivity index is 1.96. The smallest absolute Gasteiger partial charge is 0.293 e. The van der Waals surface area contributed by atoms with E-state index in [1.807, 2.05) is 24.0 Å². The summed E-state index contributed by atoms with van der Waals surface area (Å²) < 4.78 is 37.6. The molecule has 0 N–H and O–H groups in total. The van der Waals surface area contributed by atoms with Crippen molar-refractivity contribution in [2.45, 2.75) is 32.2 Å². The Morgan fingerprint density at radius 3 is 2.33 bits per heavy atom. The summed E-state index contributed by atoms with van der Waals surface area (Å²) >= 11 is 0. The minimum Gasteiger partial charge on any atom is -0.454 e. The molecular weight excluding hydrogens is 410 g/mol. The van der Waals surface area contributed by atoms with Crippen molar-refractivity contribution in [3.8, 4) is 11.5 Å². The summed E-state index contributed by atoms with van der Waals surface area (Å²) in [7, 11) is -3.79. The van der Waals surface area contributed by atoms with Crippen LogP contribution in [0.25, 0.3) is 0 Å². The predicted octanol–water partition coefficient (Wildman–Crippen LogP) is 3.38. The highest BCUT2D eigenvalue weighted by Gasteiger charge is 2.27. The van der Waals surface area contributed by atoms with Crippen LogP contribution in [0.2, 0.25) is 0 Å². The summed E-state index contributed by atoms with van der Waals surface area (Å²) in [6.07, 6.45) is 0. The molecule has 0 saturated heterocycles. The molecular formula is C20H25N3O6S. The van der Waals surface area contributed by atoms with Crippen LogP contribution in [-0.2, 0) is 16.6 Å². The highest BCUT2D eigenvalue weighted by Crippen LogP contribution is 2.35. The number of hydrogen-bond donors (Lipinski definition) is 0. The minimum atomic E-state index is -3.79. The maximum Gasteiger partial charge on any atom is 0.293 e. The molecule has 30 heavy (non-hydrogen) atoms. The van der Waals surface area contributed by atoms with Crippen LogP contribution in [0.15, 0.2) is 41.3 Å². The van der Waals surface area contributed by atoms with E-state index in [1.165, 1.54) is 16.4 Å². The van der Waals surface area contributed by atoms with Gasteiger partial charge in [0.05, 0.1) is 9.82 Å². The molecule has 1 aliphatic heterocycles. The van der Waals surface area contributed by atoms with Gasteiger partial charge in [-0.2, -0.15) is 4.31 Å². The van der Waals surface area contributed by atoms with Crippen molar-refractivity contribution in [2.75, 3.05) is 31.3 Å². The van der Waals surface area contributed by atoms with E-state index in [0.29, 0.717) is 43.4 Å². The third-order valence-electron chi connectivity index (χ3n) is 5.02. The molecule has 0 fully saturated rings. The predicted molar refractivity (Wildman–Crippen MR) is 112 cm³/mol. The highest BCUT2D eigenvalue weighted by atomic mass is 32.2. The number of fused-ring (bicyclic) bond motifs is 1. The van der Waals surface area contributed by atoms with Crippen molar-refractivity contribution in [2.24, 2.45) is 0 Å². The molecule has 0 atom stereocenters. The van der Waals surface area contributed by atoms with Crippen molar-refractivity contribution < 1.29 is 22.8 Å². The van der Waals surface area contributed by atoms with Crippen molar-refractivity contribution in [1.82, 2.24) is 4.31 Å². The number of nitro groups is 1. The maximum absolute atomic E-state index is 12.8. The molecule has 0 radical (unpaired) electrons. The quantitative estimate of drug-likeness (QED) is 0.439. The van der Waals surface area contributed by atoms with Gasteiger partial charge < -0.3 is 14.4 Å². The van der Waals surface area contributed by atoms with Crippen LogP contribution < -0.4 is 14.4 Å². The van der Waals surface area contributed by atoms with Crippen LogP contribution in [-0.4, -0.2) is 44.1 Å². The second kappa shape index (κ2) is 8.88. The molecule has 2 aromatic carbocycles. The molecule has 1 aliphatic rings. The van der Waals surface area contributed by atoms with Crippen LogP contribution in [0.5, 0.6) is 11.5 Å². The van der Waals surface area contributed by atoms with E-state index in [1.54, 1.807) is 19.9 Å². The van der Waals surface area contributed by atoms with Gasteiger partial charge in [0.2, 0.25) is 16.8 Å². The fraction of sp³-hybridized carbons (Fsp3) is 0.400. The Kier molecular flexibility index (Phi) is 6.47. The molecule has 0 spiro atoms. The lowest BCUT2D eigenvalue weighted by Crippen LogP contribution is -2.30. The van der Waals surface area contributed by atoms with Gasteiger partial charge in [-0.05, 0) is 36.8 Å². The van der Waals surface area contributed by atoms with Gasteiger partial charge in [-0.1, -0.05) is 19.9 Å². The molecule has 0 aliphatic carbocycles. The van der Waals surface area contributed by atoms with E-state index in [9.17, 15) is 18.5 Å². The summed E-state index contributed by atoms with van der Waals surface area (Å²) in [5.41, 5.74) is 1.01. The van der Waals surface area contributed by atoms with Crippen LogP contribution in [0.4, 0.5) is 11.4 Å². The van der Waals surface area contributed by atoms with Gasteiger partial charge in [0.25, 0.3) is 5.69 Å². The average Bonchev–Trinajstić information content (AvgIpc) is 3.20. The maximum atomic E-state index is 12.8. The second-order valence-corrected chi connectivity index (χ2v) is 8.64. The largest absolute Gasteiger partial charge is 0.454 e. The van der Waals surface area contributed by atoms with Crippen LogP contribution >= 0.6 is 0 Å². The fourth-order valence-electron chi connectivity index (χ4n) is 3.42. The van der Waals surface area contributed by atoms with Gasteiger partial charge >= 0.3 is 0 Å². The van der Waals surface area contributed by atoms with E-state index in [-0.39, 0.29) is 17.4 Å². The summed E-state index contributed by atoms with van der Waals surface area (Å²) in [5.74, 6) is 1.30. The molecule has 2 aromatic rings. The van der Waals surface area contributed by atoms with Crippen LogP contribution in [0.1, 0.15) is 26.3 Å². The SMILES string of the molecule is CCN(Cc1ccc2c(c1)OCO2)c1ccc(S(=O)(=O)N(CC)CC)cc1[N+](=O)[O-]. The van der Waals surface area contributed by atoms with Crippen molar-refractivity contribution in [3.05, 3.63) is 52.1 Å². The molecule has 1 heterocycles. The van der Waals surface area contributed by atoms with Crippen molar-refractivity contribution in [3.63, 3.8) is 0 Å². The second-order valence-electron chi connectivity index (χ2n) is 6.70. The normalized spacial score (nSPS) is 12.9. The van der Waals surface area contributed by atoms with E-state index in [4.69, 9.17) is 9.47 Å². The zero-order valence-electron chi connectivity index (χ0n) is 17.2. The van der Waals surface area contributed by atoms with Gasteiger partial charge in [-0.3, -0.25) is 10.1 Å². The molecule has 3 rings (SSSR count). The Labute approximate surface area is 176 Å². The number of rotatable bonds is 9. The topological polar surface area (TPSA) is 102 Å². The van der Waals surface area contributed by atoms with Crippen LogP contribution in [0.3, 0.4) is 0 Å². The Bertz CT molecular complexity index is 1040. The molecule has 0 unspecified atom stereocenters. The summed E-state index contributed by atoms with van der Waals surface area (Å²) in [5, 5.41) is 11.8. The fourth-order valence-corrected chi connectivity index (χ4v) is 4.90. The molecule has 10 heteroatoms. The zero-order valence-corrected chi connectivity index (χ0v) is 18.0. The Hall–Kier alpha value is -2.85. The van der Waals surface area contributed by atoms with Gasteiger partial charge in [0, 0.05) is 32.2 Å². The lowest BCUT2D eigenvalue weighted by atomic mass is 10.1. The highest BCUT2D eigenvalue weighted by molar-refractivity contribution is 7.89. The number of nitro benzene ring substituents is 1. The summed E-state index contributed by atoms with van der Waals surface area (Å²) in [6.45, 7) is 7.00. The third kappa shape index (κ3) is 4.19. The van der Waals surface area contributed by atoms with Gasteiger partial charge in [-0.15, -0.1) is 0 Å². The average molecular weight is 436 g/mol. The van der Waals surface area contributed by atoms with Gasteiger partial charge in [0.15, 0.2) is 11.5 Å². The monoisotopic (exact) mass is 435 g/mol. The molecule has 0 saturated carbocycles. The molecule has 9 nitrogen and oxygen atoms in total. The van der Waals surface area contributed by atoms with Gasteiger partial charge in [0.1, 0.15) is 5.69 Å². The Morgan fingerprint density at radius 1 is 1.00 bits per heavy atom. The molecule has 0 bridgehead atoms. The number of sulfonamides is 1. The van der Waals surface area contributed by atoms with E-state index < -0.39 is 14.9 Å². The summed E-state index contributed by atoms with van der Waals surface area (Å²) in [6, 6.07) is 9.60. The van der Waals surface area contributed by atoms with Crippen molar-refractivity contribution >= 4 is 21.4 Å². The minimum absolute atomic E-state index is 0.0826. The van der Waals surface area contributed by atoms with E-state index >= 15 is 0 Å². The number of anilines is 1. The standard InChI is InChI=1S/C20H25N3O6S/c1-4-21(13-15-7-10-19-20(11-15)29-14-28-19)17-9-8-16(12-18(17)23(24)25)30(26,27)22(5-2)6-3/h7-12H,4-6,13-14H2,1-3H3. The molecule has 162 valence electrons. The van der Waals surface area contributed by atoms with E-state index in [2.05, 4.69) is 0 Å².